The summed E-state index contributed by atoms with van der Waals surface area (Å²) < 4.78 is 0. The zero-order chi connectivity index (χ0) is 38.2. The van der Waals surface area contributed by atoms with Crippen LogP contribution < -0.4 is 9.80 Å². The summed E-state index contributed by atoms with van der Waals surface area (Å²) in [6.45, 7) is 9.50. The Kier molecular flexibility index (Phi) is 9.16. The van der Waals surface area contributed by atoms with Gasteiger partial charge in [-0.3, -0.25) is 24.8 Å². The smallest absolute Gasteiger partial charge is 0.137 e. The van der Waals surface area contributed by atoms with E-state index in [1.165, 1.54) is 66.1 Å². The number of aryl methyl sites for hydroxylation is 4. The van der Waals surface area contributed by atoms with Crippen molar-refractivity contribution in [3.05, 3.63) is 181 Å². The molecule has 0 fully saturated rings. The van der Waals surface area contributed by atoms with E-state index in [1.807, 2.05) is 55.2 Å². The third-order valence-corrected chi connectivity index (χ3v) is 10.4. The second-order valence-corrected chi connectivity index (χ2v) is 14.7. The number of nitrogens with zero attached hydrogens (tertiary/aromatic N) is 6. The number of benzene rings is 5. The van der Waals surface area contributed by atoms with Crippen molar-refractivity contribution in [1.29, 1.82) is 0 Å². The summed E-state index contributed by atoms with van der Waals surface area (Å²) in [5.74, 6) is 1.75. The van der Waals surface area contributed by atoms with Crippen LogP contribution in [0.1, 0.15) is 28.7 Å². The molecule has 0 bridgehead atoms. The van der Waals surface area contributed by atoms with Gasteiger partial charge in [0.2, 0.25) is 0 Å². The minimum Gasteiger partial charge on any atom is -0.295 e. The molecule has 8 aromatic rings. The number of dihydropyridines is 1. The minimum atomic E-state index is 0.758. The van der Waals surface area contributed by atoms with E-state index in [2.05, 4.69) is 151 Å². The van der Waals surface area contributed by atoms with Crippen LogP contribution in [0.3, 0.4) is 0 Å². The Labute approximate surface area is 328 Å². The Hall–Kier alpha value is -6.92. The maximum absolute atomic E-state index is 5.00. The summed E-state index contributed by atoms with van der Waals surface area (Å²) in [6, 6.07) is 41.8. The molecule has 0 atom stereocenters. The number of pyridine rings is 3. The van der Waals surface area contributed by atoms with Crippen LogP contribution in [-0.4, -0.2) is 27.3 Å². The molecule has 1 aliphatic rings. The zero-order valence-electron chi connectivity index (χ0n) is 32.1. The van der Waals surface area contributed by atoms with Gasteiger partial charge in [0.25, 0.3) is 0 Å². The van der Waals surface area contributed by atoms with Crippen molar-refractivity contribution in [2.75, 3.05) is 16.3 Å². The lowest BCUT2D eigenvalue weighted by Gasteiger charge is -2.28. The van der Waals surface area contributed by atoms with E-state index in [9.17, 15) is 0 Å². The van der Waals surface area contributed by atoms with Gasteiger partial charge in [0.15, 0.2) is 0 Å². The summed E-state index contributed by atoms with van der Waals surface area (Å²) in [4.78, 5) is 23.0. The predicted octanol–water partition coefficient (Wildman–Crippen LogP) is 12.7. The highest BCUT2D eigenvalue weighted by Crippen LogP contribution is 2.48. The molecule has 1 aliphatic heterocycles. The number of fused-ring (bicyclic) bond motifs is 2. The predicted molar refractivity (Wildman–Crippen MR) is 234 cm³/mol. The molecule has 0 amide bonds. The summed E-state index contributed by atoms with van der Waals surface area (Å²) >= 11 is 0. The highest BCUT2D eigenvalue weighted by Gasteiger charge is 2.23. The van der Waals surface area contributed by atoms with Crippen LogP contribution in [0.2, 0.25) is 0 Å². The molecule has 6 heteroatoms. The van der Waals surface area contributed by atoms with E-state index in [0.717, 1.165) is 47.4 Å². The molecule has 272 valence electrons. The van der Waals surface area contributed by atoms with Gasteiger partial charge in [-0.1, -0.05) is 82.9 Å². The summed E-state index contributed by atoms with van der Waals surface area (Å²) in [5.41, 5.74) is 13.8. The number of amidine groups is 1. The average molecular weight is 727 g/mol. The van der Waals surface area contributed by atoms with Crippen LogP contribution in [0, 0.1) is 27.7 Å². The molecule has 0 aliphatic carbocycles. The average Bonchev–Trinajstić information content (AvgIpc) is 3.21. The van der Waals surface area contributed by atoms with Gasteiger partial charge in [-0.25, -0.2) is 4.98 Å². The molecule has 0 saturated heterocycles. The minimum absolute atomic E-state index is 0.758. The SMILES string of the molecule is Cc1cc(C)cc(-c2c3ccc(N(c4ccncc4)c4ccccn4)cc3c(-c3cc(C)cc(C)c3)c3ccc(N(C4=NCCC=C4)c4ccncc4)cc23)c1. The number of hydrogen-bond donors (Lipinski definition) is 0. The maximum atomic E-state index is 5.00. The number of aromatic nitrogens is 3. The van der Waals surface area contributed by atoms with Crippen molar-refractivity contribution in [3.63, 3.8) is 0 Å². The van der Waals surface area contributed by atoms with Crippen LogP contribution in [0.15, 0.2) is 163 Å². The first-order valence-electron chi connectivity index (χ1n) is 19.1. The number of anilines is 5. The second-order valence-electron chi connectivity index (χ2n) is 14.7. The Bertz CT molecular complexity index is 2710. The fraction of sp³-hybridized carbons (Fsp3) is 0.120. The lowest BCUT2D eigenvalue weighted by molar-refractivity contribution is 0.984. The molecule has 0 saturated carbocycles. The molecule has 6 nitrogen and oxygen atoms in total. The topological polar surface area (TPSA) is 57.5 Å². The molecule has 0 radical (unpaired) electrons. The third-order valence-electron chi connectivity index (χ3n) is 10.4. The van der Waals surface area contributed by atoms with Crippen molar-refractivity contribution >= 4 is 55.9 Å². The highest BCUT2D eigenvalue weighted by atomic mass is 15.2. The molecule has 56 heavy (non-hydrogen) atoms. The summed E-state index contributed by atoms with van der Waals surface area (Å²) in [5, 5.41) is 4.71. The van der Waals surface area contributed by atoms with Gasteiger partial charge in [-0.05, 0) is 145 Å². The van der Waals surface area contributed by atoms with Gasteiger partial charge in [-0.15, -0.1) is 0 Å². The quantitative estimate of drug-likeness (QED) is 0.153. The van der Waals surface area contributed by atoms with Gasteiger partial charge in [0.1, 0.15) is 11.7 Å². The van der Waals surface area contributed by atoms with Crippen molar-refractivity contribution < 1.29 is 0 Å². The van der Waals surface area contributed by atoms with Gasteiger partial charge in [-0.2, -0.15) is 0 Å². The molecular formula is C50H42N6. The normalized spacial score (nSPS) is 12.5. The van der Waals surface area contributed by atoms with E-state index in [0.29, 0.717) is 0 Å². The van der Waals surface area contributed by atoms with E-state index < -0.39 is 0 Å². The molecule has 0 spiro atoms. The van der Waals surface area contributed by atoms with Crippen LogP contribution in [0.25, 0.3) is 43.8 Å². The summed E-state index contributed by atoms with van der Waals surface area (Å²) in [6.07, 6.45) is 14.5. The first kappa shape index (κ1) is 34.8. The molecule has 0 unspecified atom stereocenters. The lowest BCUT2D eigenvalue weighted by Crippen LogP contribution is -2.25. The molecular weight excluding hydrogens is 685 g/mol. The molecule has 4 heterocycles. The van der Waals surface area contributed by atoms with Crippen LogP contribution in [0.5, 0.6) is 0 Å². The van der Waals surface area contributed by atoms with Crippen molar-refractivity contribution in [2.45, 2.75) is 34.1 Å². The number of rotatable bonds is 7. The van der Waals surface area contributed by atoms with Gasteiger partial charge in [0.05, 0.1) is 11.4 Å². The standard InChI is InChI=1S/C50H42N6/c1-33-25-34(2)28-37(27-33)49-43-13-11-42(56(40-17-23-52-24-18-40)48-10-6-8-20-54-48)32-46(43)50(38-29-35(3)26-36(4)30-38)44-14-12-41(31-45(44)49)55(39-15-21-51-22-16-39)47-9-5-7-19-53-47/h5-7,9-19,21-32H,8,20H2,1-4H3. The van der Waals surface area contributed by atoms with E-state index in [4.69, 9.17) is 9.98 Å². The largest absolute Gasteiger partial charge is 0.295 e. The summed E-state index contributed by atoms with van der Waals surface area (Å²) in [7, 11) is 0. The maximum Gasteiger partial charge on any atom is 0.137 e. The van der Waals surface area contributed by atoms with Gasteiger partial charge in [0, 0.05) is 48.9 Å². The lowest BCUT2D eigenvalue weighted by atomic mass is 9.84. The van der Waals surface area contributed by atoms with Crippen molar-refractivity contribution in [3.8, 4) is 22.3 Å². The highest BCUT2D eigenvalue weighted by molar-refractivity contribution is 6.23. The second kappa shape index (κ2) is 14.7. The van der Waals surface area contributed by atoms with Crippen molar-refractivity contribution in [2.24, 2.45) is 4.99 Å². The third kappa shape index (κ3) is 6.60. The molecule has 3 aromatic heterocycles. The van der Waals surface area contributed by atoms with E-state index in [1.54, 1.807) is 0 Å². The number of aliphatic imine (C=N–C) groups is 1. The Morgan fingerprint density at radius 1 is 0.464 bits per heavy atom. The number of hydrogen-bond acceptors (Lipinski definition) is 6. The molecule has 0 N–H and O–H groups in total. The Morgan fingerprint density at radius 3 is 1.46 bits per heavy atom. The Balaban J connectivity index is 1.41. The molecule has 9 rings (SSSR count). The van der Waals surface area contributed by atoms with E-state index in [-0.39, 0.29) is 0 Å². The fourth-order valence-electron chi connectivity index (χ4n) is 8.28. The van der Waals surface area contributed by atoms with Crippen LogP contribution in [0.4, 0.5) is 28.6 Å². The van der Waals surface area contributed by atoms with Crippen LogP contribution in [-0.2, 0) is 0 Å². The zero-order valence-corrected chi connectivity index (χ0v) is 32.1. The monoisotopic (exact) mass is 726 g/mol. The van der Waals surface area contributed by atoms with Crippen molar-refractivity contribution in [1.82, 2.24) is 15.0 Å². The Morgan fingerprint density at radius 2 is 0.982 bits per heavy atom. The molecule has 5 aromatic carbocycles. The fourth-order valence-corrected chi connectivity index (χ4v) is 8.28. The van der Waals surface area contributed by atoms with E-state index >= 15 is 0 Å². The first-order chi connectivity index (χ1) is 27.4. The van der Waals surface area contributed by atoms with Crippen LogP contribution >= 0.6 is 0 Å². The first-order valence-corrected chi connectivity index (χ1v) is 19.1. The van der Waals surface area contributed by atoms with Gasteiger partial charge < -0.3 is 0 Å². The van der Waals surface area contributed by atoms with Gasteiger partial charge >= 0.3 is 0 Å².